The van der Waals surface area contributed by atoms with Crippen LogP contribution < -0.4 is 5.32 Å². The largest absolute Gasteiger partial charge is 0.317 e. The van der Waals surface area contributed by atoms with E-state index in [-0.39, 0.29) is 5.56 Å². The lowest BCUT2D eigenvalue weighted by atomic mass is 10.2. The van der Waals surface area contributed by atoms with E-state index in [1.165, 1.54) is 30.9 Å². The third-order valence-corrected chi connectivity index (χ3v) is 3.61. The second-order valence-corrected chi connectivity index (χ2v) is 5.34. The molecule has 0 aliphatic heterocycles. The summed E-state index contributed by atoms with van der Waals surface area (Å²) in [5.41, 5.74) is 1.61. The van der Waals surface area contributed by atoms with E-state index in [1.807, 2.05) is 18.5 Å². The van der Waals surface area contributed by atoms with Crippen LogP contribution in [-0.2, 0) is 6.54 Å². The molecule has 1 N–H and O–H groups in total. The van der Waals surface area contributed by atoms with Crippen molar-refractivity contribution in [3.05, 3.63) is 54.0 Å². The van der Waals surface area contributed by atoms with Gasteiger partial charge in [-0.2, -0.15) is 5.10 Å². The zero-order valence-electron chi connectivity index (χ0n) is 13.4. The summed E-state index contributed by atoms with van der Waals surface area (Å²) in [4.78, 5) is 12.5. The summed E-state index contributed by atoms with van der Waals surface area (Å²) < 4.78 is 16.8. The van der Waals surface area contributed by atoms with Crippen LogP contribution in [0.5, 0.6) is 0 Å². The molecule has 124 valence electrons. The van der Waals surface area contributed by atoms with Gasteiger partial charge in [0.25, 0.3) is 5.91 Å². The summed E-state index contributed by atoms with van der Waals surface area (Å²) >= 11 is 0. The number of aryl methyl sites for hydroxylation is 1. The van der Waals surface area contributed by atoms with E-state index < -0.39 is 11.7 Å². The maximum Gasteiger partial charge on any atom is 0.255 e. The van der Waals surface area contributed by atoms with Gasteiger partial charge in [-0.25, -0.2) is 4.39 Å². The Morgan fingerprint density at radius 1 is 1.29 bits per heavy atom. The van der Waals surface area contributed by atoms with Gasteiger partial charge in [-0.15, -0.1) is 10.2 Å². The summed E-state index contributed by atoms with van der Waals surface area (Å²) in [6.45, 7) is 4.64. The van der Waals surface area contributed by atoms with Gasteiger partial charge in [0.1, 0.15) is 24.2 Å². The Kier molecular flexibility index (Phi) is 4.37. The number of anilines is 1. The maximum atomic E-state index is 13.3. The highest BCUT2D eigenvalue weighted by atomic mass is 19.1. The molecule has 0 fully saturated rings. The van der Waals surface area contributed by atoms with Crippen molar-refractivity contribution >= 4 is 11.6 Å². The minimum atomic E-state index is -0.458. The van der Waals surface area contributed by atoms with Crippen molar-refractivity contribution in [2.75, 3.05) is 5.32 Å². The number of benzene rings is 1. The molecule has 8 heteroatoms. The lowest BCUT2D eigenvalue weighted by Gasteiger charge is -2.07. The fourth-order valence-electron chi connectivity index (χ4n) is 2.41. The number of hydrogen-bond acceptors (Lipinski definition) is 4. The van der Waals surface area contributed by atoms with Gasteiger partial charge in [0.05, 0.1) is 5.69 Å². The van der Waals surface area contributed by atoms with Gasteiger partial charge in [0, 0.05) is 12.1 Å². The number of carbonyl (C=O) groups is 1. The van der Waals surface area contributed by atoms with Crippen molar-refractivity contribution in [1.29, 1.82) is 0 Å². The molecular weight excluding hydrogens is 311 g/mol. The zero-order chi connectivity index (χ0) is 17.1. The molecule has 0 radical (unpaired) electrons. The minimum Gasteiger partial charge on any atom is -0.317 e. The molecule has 3 rings (SSSR count). The Balaban J connectivity index is 1.98. The number of amides is 1. The van der Waals surface area contributed by atoms with E-state index in [9.17, 15) is 9.18 Å². The zero-order valence-corrected chi connectivity index (χ0v) is 13.4. The summed E-state index contributed by atoms with van der Waals surface area (Å²) in [5, 5.41) is 14.9. The van der Waals surface area contributed by atoms with E-state index in [4.69, 9.17) is 0 Å². The standard InChI is InChI=1S/C16H17FN6O/c1-3-7-23-11(2)14(15(21-23)22-9-18-19-10-22)20-16(24)12-5-4-6-13(17)8-12/h4-6,8-10H,3,7H2,1-2H3,(H,20,24). The molecule has 2 aromatic heterocycles. The Labute approximate surface area is 138 Å². The van der Waals surface area contributed by atoms with Crippen LogP contribution in [0, 0.1) is 12.7 Å². The Bertz CT molecular complexity index is 856. The van der Waals surface area contributed by atoms with E-state index in [0.717, 1.165) is 18.7 Å². The average molecular weight is 328 g/mol. The first-order valence-corrected chi connectivity index (χ1v) is 7.59. The predicted octanol–water partition coefficient (Wildman–Crippen LogP) is 2.57. The fourth-order valence-corrected chi connectivity index (χ4v) is 2.41. The molecular formula is C16H17FN6O. The van der Waals surface area contributed by atoms with E-state index >= 15 is 0 Å². The van der Waals surface area contributed by atoms with Gasteiger partial charge in [-0.05, 0) is 31.5 Å². The number of nitrogens with one attached hydrogen (secondary N) is 1. The molecule has 0 aliphatic carbocycles. The first kappa shape index (κ1) is 15.9. The Morgan fingerprint density at radius 2 is 2.04 bits per heavy atom. The first-order chi connectivity index (χ1) is 11.6. The number of aromatic nitrogens is 5. The lowest BCUT2D eigenvalue weighted by molar-refractivity contribution is 0.102. The summed E-state index contributed by atoms with van der Waals surface area (Å²) in [5.74, 6) is -0.334. The SMILES string of the molecule is CCCn1nc(-n2cnnc2)c(NC(=O)c2cccc(F)c2)c1C. The van der Waals surface area contributed by atoms with Crippen LogP contribution in [0.25, 0.3) is 5.82 Å². The maximum absolute atomic E-state index is 13.3. The fraction of sp³-hybridized carbons (Fsp3) is 0.250. The molecule has 0 bridgehead atoms. The molecule has 0 atom stereocenters. The summed E-state index contributed by atoms with van der Waals surface area (Å²) in [7, 11) is 0. The van der Waals surface area contributed by atoms with Crippen molar-refractivity contribution in [2.24, 2.45) is 0 Å². The van der Waals surface area contributed by atoms with Crippen LogP contribution in [0.4, 0.5) is 10.1 Å². The van der Waals surface area contributed by atoms with Crippen molar-refractivity contribution < 1.29 is 9.18 Å². The van der Waals surface area contributed by atoms with Crippen molar-refractivity contribution in [3.63, 3.8) is 0 Å². The van der Waals surface area contributed by atoms with Crippen molar-refractivity contribution in [2.45, 2.75) is 26.8 Å². The molecule has 0 unspecified atom stereocenters. The van der Waals surface area contributed by atoms with Crippen LogP contribution in [0.2, 0.25) is 0 Å². The molecule has 1 amide bonds. The minimum absolute atomic E-state index is 0.243. The van der Waals surface area contributed by atoms with Gasteiger partial charge in [0.2, 0.25) is 0 Å². The number of carbonyl (C=O) groups excluding carboxylic acids is 1. The van der Waals surface area contributed by atoms with Gasteiger partial charge >= 0.3 is 0 Å². The molecule has 2 heterocycles. The highest BCUT2D eigenvalue weighted by Gasteiger charge is 2.19. The third kappa shape index (κ3) is 3.03. The quantitative estimate of drug-likeness (QED) is 0.781. The van der Waals surface area contributed by atoms with Crippen LogP contribution in [0.1, 0.15) is 29.4 Å². The smallest absolute Gasteiger partial charge is 0.255 e. The monoisotopic (exact) mass is 328 g/mol. The second-order valence-electron chi connectivity index (χ2n) is 5.34. The van der Waals surface area contributed by atoms with Crippen LogP contribution in [0.15, 0.2) is 36.9 Å². The molecule has 0 saturated carbocycles. The van der Waals surface area contributed by atoms with Crippen molar-refractivity contribution in [1.82, 2.24) is 24.5 Å². The molecule has 3 aromatic rings. The number of halogens is 1. The number of nitrogens with zero attached hydrogens (tertiary/aromatic N) is 5. The van der Waals surface area contributed by atoms with Crippen LogP contribution >= 0.6 is 0 Å². The predicted molar refractivity (Wildman–Crippen MR) is 86.5 cm³/mol. The topological polar surface area (TPSA) is 77.6 Å². The normalized spacial score (nSPS) is 10.8. The highest BCUT2D eigenvalue weighted by Crippen LogP contribution is 2.24. The Morgan fingerprint density at radius 3 is 2.71 bits per heavy atom. The molecule has 0 aliphatic rings. The van der Waals surface area contributed by atoms with Gasteiger partial charge in [-0.3, -0.25) is 14.0 Å². The number of rotatable bonds is 5. The van der Waals surface area contributed by atoms with Crippen molar-refractivity contribution in [3.8, 4) is 5.82 Å². The van der Waals surface area contributed by atoms with Gasteiger partial charge in [-0.1, -0.05) is 13.0 Å². The van der Waals surface area contributed by atoms with Crippen LogP contribution in [-0.4, -0.2) is 30.5 Å². The molecule has 7 nitrogen and oxygen atoms in total. The third-order valence-electron chi connectivity index (χ3n) is 3.61. The summed E-state index contributed by atoms with van der Waals surface area (Å²) in [6, 6.07) is 5.55. The second kappa shape index (κ2) is 6.61. The summed E-state index contributed by atoms with van der Waals surface area (Å²) in [6.07, 6.45) is 3.92. The lowest BCUT2D eigenvalue weighted by Crippen LogP contribution is -2.14. The highest BCUT2D eigenvalue weighted by molar-refractivity contribution is 6.05. The first-order valence-electron chi connectivity index (χ1n) is 7.59. The average Bonchev–Trinajstić information content (AvgIpc) is 3.19. The van der Waals surface area contributed by atoms with E-state index in [0.29, 0.717) is 11.5 Å². The molecule has 0 spiro atoms. The van der Waals surface area contributed by atoms with Crippen LogP contribution in [0.3, 0.4) is 0 Å². The van der Waals surface area contributed by atoms with Gasteiger partial charge < -0.3 is 5.32 Å². The van der Waals surface area contributed by atoms with E-state index in [1.54, 1.807) is 10.6 Å². The van der Waals surface area contributed by atoms with Gasteiger partial charge in [0.15, 0.2) is 5.82 Å². The molecule has 1 aromatic carbocycles. The Hall–Kier alpha value is -3.03. The molecule has 0 saturated heterocycles. The van der Waals surface area contributed by atoms with E-state index in [2.05, 4.69) is 20.6 Å². The number of hydrogen-bond donors (Lipinski definition) is 1. The molecule has 24 heavy (non-hydrogen) atoms.